The third-order valence-corrected chi connectivity index (χ3v) is 2.77. The van der Waals surface area contributed by atoms with Gasteiger partial charge in [0.1, 0.15) is 13.2 Å². The van der Waals surface area contributed by atoms with Gasteiger partial charge in [0.25, 0.3) is 0 Å². The number of hydrogen-bond donors (Lipinski definition) is 0. The van der Waals surface area contributed by atoms with Crippen LogP contribution >= 0.6 is 0 Å². The number of allylic oxidation sites excluding steroid dienone is 1. The molecule has 124 valence electrons. The highest BCUT2D eigenvalue weighted by molar-refractivity contribution is 5.86. The lowest BCUT2D eigenvalue weighted by molar-refractivity contribution is -0.422. The lowest BCUT2D eigenvalue weighted by Gasteiger charge is -2.11. The number of benzene rings is 1. The number of carbonyl (C=O) groups excluding carboxylic acids is 1. The second kappa shape index (κ2) is 8.57. The third-order valence-electron chi connectivity index (χ3n) is 2.77. The number of methoxy groups -OCH3 is 1. The van der Waals surface area contributed by atoms with E-state index in [1.807, 2.05) is 0 Å². The fraction of sp³-hybridized carbons (Fsp3) is 0.312. The van der Waals surface area contributed by atoms with Gasteiger partial charge in [-0.05, 0) is 24.6 Å². The molecule has 0 heterocycles. The topological polar surface area (TPSA) is 87.9 Å². The molecule has 0 radical (unpaired) electrons. The van der Waals surface area contributed by atoms with Crippen molar-refractivity contribution in [2.75, 3.05) is 20.3 Å². The number of carbonyl (C=O) groups is 1. The zero-order valence-corrected chi connectivity index (χ0v) is 13.3. The van der Waals surface area contributed by atoms with Gasteiger partial charge in [0.05, 0.1) is 12.0 Å². The van der Waals surface area contributed by atoms with Crippen LogP contribution in [0.3, 0.4) is 0 Å². The Morgan fingerprint density at radius 2 is 2.00 bits per heavy atom. The average Bonchev–Trinajstić information content (AvgIpc) is 2.51. The van der Waals surface area contributed by atoms with Crippen molar-refractivity contribution in [3.8, 4) is 11.5 Å². The summed E-state index contributed by atoms with van der Waals surface area (Å²) in [4.78, 5) is 21.4. The van der Waals surface area contributed by atoms with Gasteiger partial charge in [0, 0.05) is 18.6 Å². The molecule has 0 fully saturated rings. The van der Waals surface area contributed by atoms with Gasteiger partial charge in [-0.1, -0.05) is 12.6 Å². The predicted molar refractivity (Wildman–Crippen MR) is 84.9 cm³/mol. The van der Waals surface area contributed by atoms with Crippen LogP contribution < -0.4 is 9.47 Å². The summed E-state index contributed by atoms with van der Waals surface area (Å²) in [5, 5.41) is 10.6. The van der Waals surface area contributed by atoms with Crippen molar-refractivity contribution >= 4 is 12.0 Å². The van der Waals surface area contributed by atoms with Crippen molar-refractivity contribution in [2.24, 2.45) is 0 Å². The number of rotatable bonds is 8. The van der Waals surface area contributed by atoms with E-state index in [1.54, 1.807) is 25.1 Å². The molecule has 0 aromatic heterocycles. The lowest BCUT2D eigenvalue weighted by Crippen LogP contribution is -2.12. The van der Waals surface area contributed by atoms with Crippen LogP contribution in [-0.2, 0) is 9.53 Å². The van der Waals surface area contributed by atoms with Crippen LogP contribution in [0.5, 0.6) is 11.5 Å². The Balaban J connectivity index is 2.70. The summed E-state index contributed by atoms with van der Waals surface area (Å²) >= 11 is 0. The van der Waals surface area contributed by atoms with E-state index in [4.69, 9.17) is 14.2 Å². The zero-order valence-electron chi connectivity index (χ0n) is 13.3. The maximum absolute atomic E-state index is 11.2. The standard InChI is InChI=1S/C16H19NO6/c1-11(2)16(18)23-8-7-22-14-6-5-13(10-15(14)21-4)9-12(3)17(19)20/h5-6,9-10H,1,7-8H2,2-4H3. The first-order chi connectivity index (χ1) is 10.8. The van der Waals surface area contributed by atoms with Crippen molar-refractivity contribution in [3.63, 3.8) is 0 Å². The Kier molecular flexibility index (Phi) is 6.79. The number of ether oxygens (including phenoxy) is 3. The van der Waals surface area contributed by atoms with Gasteiger partial charge in [-0.25, -0.2) is 4.79 Å². The number of nitro groups is 1. The Labute approximate surface area is 134 Å². The van der Waals surface area contributed by atoms with Crippen molar-refractivity contribution in [2.45, 2.75) is 13.8 Å². The van der Waals surface area contributed by atoms with E-state index in [-0.39, 0.29) is 18.9 Å². The number of esters is 1. The Morgan fingerprint density at radius 3 is 2.57 bits per heavy atom. The molecule has 0 unspecified atom stereocenters. The summed E-state index contributed by atoms with van der Waals surface area (Å²) < 4.78 is 15.6. The molecule has 0 saturated carbocycles. The first-order valence-electron chi connectivity index (χ1n) is 6.81. The first kappa shape index (κ1) is 18.2. The fourth-order valence-electron chi connectivity index (χ4n) is 1.60. The molecule has 0 spiro atoms. The van der Waals surface area contributed by atoms with Crippen LogP contribution in [0.25, 0.3) is 6.08 Å². The van der Waals surface area contributed by atoms with Crippen LogP contribution in [0.4, 0.5) is 0 Å². The first-order valence-corrected chi connectivity index (χ1v) is 6.81. The summed E-state index contributed by atoms with van der Waals surface area (Å²) in [7, 11) is 1.47. The van der Waals surface area contributed by atoms with Crippen molar-refractivity contribution in [3.05, 3.63) is 51.7 Å². The summed E-state index contributed by atoms with van der Waals surface area (Å²) in [6.45, 7) is 6.68. The molecule has 23 heavy (non-hydrogen) atoms. The predicted octanol–water partition coefficient (Wildman–Crippen LogP) is 2.83. The Morgan fingerprint density at radius 1 is 1.30 bits per heavy atom. The Bertz CT molecular complexity index is 635. The molecule has 1 aromatic carbocycles. The molecule has 0 aliphatic rings. The van der Waals surface area contributed by atoms with Gasteiger partial charge in [-0.2, -0.15) is 0 Å². The van der Waals surface area contributed by atoms with Gasteiger partial charge >= 0.3 is 5.97 Å². The monoisotopic (exact) mass is 321 g/mol. The molecule has 0 amide bonds. The molecule has 0 atom stereocenters. The third kappa shape index (κ3) is 5.82. The van der Waals surface area contributed by atoms with E-state index in [2.05, 4.69) is 6.58 Å². The highest BCUT2D eigenvalue weighted by Gasteiger charge is 2.08. The number of nitrogens with zero attached hydrogens (tertiary/aromatic N) is 1. The zero-order chi connectivity index (χ0) is 17.4. The SMILES string of the molecule is C=C(C)C(=O)OCCOc1ccc(C=C(C)[N+](=O)[O-])cc1OC. The minimum atomic E-state index is -0.476. The minimum absolute atomic E-state index is 0.0208. The molecule has 1 rings (SSSR count). The van der Waals surface area contributed by atoms with E-state index in [0.29, 0.717) is 22.6 Å². The molecule has 0 bridgehead atoms. The normalized spacial score (nSPS) is 10.8. The maximum Gasteiger partial charge on any atom is 0.333 e. The van der Waals surface area contributed by atoms with E-state index in [1.165, 1.54) is 20.1 Å². The van der Waals surface area contributed by atoms with Crippen molar-refractivity contribution < 1.29 is 23.9 Å². The quantitative estimate of drug-likeness (QED) is 0.240. The van der Waals surface area contributed by atoms with E-state index in [0.717, 1.165) is 0 Å². The summed E-state index contributed by atoms with van der Waals surface area (Å²) in [5.74, 6) is 0.409. The minimum Gasteiger partial charge on any atom is -0.493 e. The lowest BCUT2D eigenvalue weighted by atomic mass is 10.1. The highest BCUT2D eigenvalue weighted by atomic mass is 16.6. The molecular weight excluding hydrogens is 302 g/mol. The van der Waals surface area contributed by atoms with Crippen LogP contribution in [0.1, 0.15) is 19.4 Å². The van der Waals surface area contributed by atoms with Crippen LogP contribution in [0.2, 0.25) is 0 Å². The van der Waals surface area contributed by atoms with Gasteiger partial charge in [0.15, 0.2) is 11.5 Å². The maximum atomic E-state index is 11.2. The van der Waals surface area contributed by atoms with Crippen molar-refractivity contribution in [1.82, 2.24) is 0 Å². The molecule has 7 heteroatoms. The van der Waals surface area contributed by atoms with Gasteiger partial charge < -0.3 is 14.2 Å². The van der Waals surface area contributed by atoms with Gasteiger partial charge in [0.2, 0.25) is 5.70 Å². The van der Waals surface area contributed by atoms with Gasteiger partial charge in [-0.3, -0.25) is 10.1 Å². The molecular formula is C16H19NO6. The smallest absolute Gasteiger partial charge is 0.333 e. The largest absolute Gasteiger partial charge is 0.493 e. The van der Waals surface area contributed by atoms with Crippen LogP contribution in [-0.4, -0.2) is 31.2 Å². The van der Waals surface area contributed by atoms with Gasteiger partial charge in [-0.15, -0.1) is 0 Å². The molecule has 7 nitrogen and oxygen atoms in total. The summed E-state index contributed by atoms with van der Waals surface area (Å²) in [5.41, 5.74) is 0.962. The molecule has 0 aliphatic heterocycles. The molecule has 0 saturated heterocycles. The van der Waals surface area contributed by atoms with E-state index in [9.17, 15) is 14.9 Å². The summed E-state index contributed by atoms with van der Waals surface area (Å²) in [6, 6.07) is 4.94. The fourth-order valence-corrected chi connectivity index (χ4v) is 1.60. The van der Waals surface area contributed by atoms with Crippen LogP contribution in [0.15, 0.2) is 36.0 Å². The number of hydrogen-bond acceptors (Lipinski definition) is 6. The second-order valence-electron chi connectivity index (χ2n) is 4.72. The van der Waals surface area contributed by atoms with Crippen LogP contribution in [0, 0.1) is 10.1 Å². The molecule has 1 aromatic rings. The molecule has 0 N–H and O–H groups in total. The molecule has 0 aliphatic carbocycles. The highest BCUT2D eigenvalue weighted by Crippen LogP contribution is 2.28. The van der Waals surface area contributed by atoms with Crippen molar-refractivity contribution in [1.29, 1.82) is 0 Å². The van der Waals surface area contributed by atoms with E-state index < -0.39 is 10.9 Å². The second-order valence-corrected chi connectivity index (χ2v) is 4.72. The van der Waals surface area contributed by atoms with E-state index >= 15 is 0 Å². The average molecular weight is 321 g/mol. The summed E-state index contributed by atoms with van der Waals surface area (Å²) in [6.07, 6.45) is 1.43. The Hall–Kier alpha value is -2.83.